The molecule has 2 aromatic carbocycles. The normalized spacial score (nSPS) is 20.4. The molecule has 1 saturated carbocycles. The van der Waals surface area contributed by atoms with Gasteiger partial charge >= 0.3 is 0 Å². The molecule has 0 aromatic heterocycles. The highest BCUT2D eigenvalue weighted by Crippen LogP contribution is 2.48. The van der Waals surface area contributed by atoms with Gasteiger partial charge in [-0.15, -0.1) is 0 Å². The molecule has 1 aliphatic carbocycles. The monoisotopic (exact) mass is 426 g/mol. The second-order valence-electron chi connectivity index (χ2n) is 8.58. The second kappa shape index (κ2) is 8.16. The SMILES string of the molecule is CCS(=O)(=O)N1CCC(C(=O)NCC2(c3ccccc3)CC2)(c2ccccc2)CC1. The van der Waals surface area contributed by atoms with E-state index in [1.165, 1.54) is 9.87 Å². The van der Waals surface area contributed by atoms with Gasteiger partial charge in [-0.1, -0.05) is 60.7 Å². The van der Waals surface area contributed by atoms with Crippen molar-refractivity contribution in [2.75, 3.05) is 25.4 Å². The number of carbonyl (C=O) groups is 1. The molecule has 0 unspecified atom stereocenters. The molecule has 0 spiro atoms. The third-order valence-corrected chi connectivity index (χ3v) is 8.80. The van der Waals surface area contributed by atoms with E-state index >= 15 is 0 Å². The zero-order valence-electron chi connectivity index (χ0n) is 17.5. The highest BCUT2D eigenvalue weighted by molar-refractivity contribution is 7.89. The summed E-state index contributed by atoms with van der Waals surface area (Å²) in [5, 5.41) is 3.25. The topological polar surface area (TPSA) is 66.5 Å². The van der Waals surface area contributed by atoms with Crippen LogP contribution in [0.4, 0.5) is 0 Å². The number of piperidine rings is 1. The van der Waals surface area contributed by atoms with Gasteiger partial charge in [0.05, 0.1) is 11.2 Å². The fourth-order valence-electron chi connectivity index (χ4n) is 4.66. The zero-order chi connectivity index (χ0) is 21.2. The highest BCUT2D eigenvalue weighted by Gasteiger charge is 2.48. The Hall–Kier alpha value is -2.18. The highest BCUT2D eigenvalue weighted by atomic mass is 32.2. The molecule has 1 aliphatic heterocycles. The van der Waals surface area contributed by atoms with E-state index in [9.17, 15) is 13.2 Å². The van der Waals surface area contributed by atoms with Gasteiger partial charge in [-0.05, 0) is 43.7 Å². The number of sulfonamides is 1. The van der Waals surface area contributed by atoms with Crippen molar-refractivity contribution < 1.29 is 13.2 Å². The first-order valence-corrected chi connectivity index (χ1v) is 12.4. The molecular formula is C24H30N2O3S. The van der Waals surface area contributed by atoms with Crippen LogP contribution < -0.4 is 5.32 Å². The number of benzene rings is 2. The molecule has 2 fully saturated rings. The van der Waals surface area contributed by atoms with Crippen molar-refractivity contribution >= 4 is 15.9 Å². The molecule has 1 N–H and O–H groups in total. The number of nitrogens with one attached hydrogen (secondary N) is 1. The van der Waals surface area contributed by atoms with Crippen molar-refractivity contribution in [3.05, 3.63) is 71.8 Å². The summed E-state index contributed by atoms with van der Waals surface area (Å²) in [6.45, 7) is 3.05. The largest absolute Gasteiger partial charge is 0.354 e. The maximum Gasteiger partial charge on any atom is 0.230 e. The number of carbonyl (C=O) groups excluding carboxylic acids is 1. The summed E-state index contributed by atoms with van der Waals surface area (Å²) in [6, 6.07) is 20.2. The summed E-state index contributed by atoms with van der Waals surface area (Å²) in [7, 11) is -3.24. The van der Waals surface area contributed by atoms with Crippen LogP contribution in [0.15, 0.2) is 60.7 Å². The zero-order valence-corrected chi connectivity index (χ0v) is 18.3. The maximum atomic E-state index is 13.6. The van der Waals surface area contributed by atoms with Gasteiger partial charge in [0.1, 0.15) is 0 Å². The predicted octanol–water partition coefficient (Wildman–Crippen LogP) is 3.22. The molecular weight excluding hydrogens is 396 g/mol. The lowest BCUT2D eigenvalue weighted by Gasteiger charge is -2.40. The average Bonchev–Trinajstić information content (AvgIpc) is 3.60. The molecule has 4 rings (SSSR count). The number of rotatable bonds is 7. The van der Waals surface area contributed by atoms with Crippen LogP contribution in [0, 0.1) is 0 Å². The van der Waals surface area contributed by atoms with Crippen LogP contribution in [0.2, 0.25) is 0 Å². The van der Waals surface area contributed by atoms with Gasteiger partial charge in [0.25, 0.3) is 0 Å². The van der Waals surface area contributed by atoms with E-state index < -0.39 is 15.4 Å². The van der Waals surface area contributed by atoms with Crippen molar-refractivity contribution in [3.8, 4) is 0 Å². The first kappa shape index (κ1) is 21.1. The minimum Gasteiger partial charge on any atom is -0.354 e. The molecule has 1 amide bonds. The third-order valence-electron chi connectivity index (χ3n) is 6.92. The minimum absolute atomic E-state index is 0.0180. The summed E-state index contributed by atoms with van der Waals surface area (Å²) in [5.74, 6) is 0.112. The quantitative estimate of drug-likeness (QED) is 0.739. The smallest absolute Gasteiger partial charge is 0.230 e. The number of amides is 1. The third kappa shape index (κ3) is 3.91. The van der Waals surface area contributed by atoms with Crippen LogP contribution in [-0.4, -0.2) is 44.0 Å². The van der Waals surface area contributed by atoms with Gasteiger partial charge in [0, 0.05) is 25.0 Å². The number of hydrogen-bond acceptors (Lipinski definition) is 3. The molecule has 1 heterocycles. The summed E-state index contributed by atoms with van der Waals surface area (Å²) in [5.41, 5.74) is 1.61. The van der Waals surface area contributed by atoms with E-state index in [0.717, 1.165) is 18.4 Å². The lowest BCUT2D eigenvalue weighted by Crippen LogP contribution is -2.53. The van der Waals surface area contributed by atoms with Crippen molar-refractivity contribution in [2.24, 2.45) is 0 Å². The fourth-order valence-corrected chi connectivity index (χ4v) is 5.77. The summed E-state index contributed by atoms with van der Waals surface area (Å²) in [6.07, 6.45) is 3.16. The van der Waals surface area contributed by atoms with Crippen LogP contribution in [0.3, 0.4) is 0 Å². The Labute approximate surface area is 179 Å². The van der Waals surface area contributed by atoms with Crippen LogP contribution in [0.5, 0.6) is 0 Å². The van der Waals surface area contributed by atoms with Crippen molar-refractivity contribution in [1.82, 2.24) is 9.62 Å². The maximum absolute atomic E-state index is 13.6. The van der Waals surface area contributed by atoms with E-state index in [-0.39, 0.29) is 17.1 Å². The molecule has 2 aliphatic rings. The lowest BCUT2D eigenvalue weighted by molar-refractivity contribution is -0.128. The Balaban J connectivity index is 1.53. The van der Waals surface area contributed by atoms with E-state index in [4.69, 9.17) is 0 Å². The molecule has 5 nitrogen and oxygen atoms in total. The molecule has 160 valence electrons. The molecule has 30 heavy (non-hydrogen) atoms. The molecule has 0 atom stereocenters. The lowest BCUT2D eigenvalue weighted by atomic mass is 9.72. The summed E-state index contributed by atoms with van der Waals surface area (Å²) >= 11 is 0. The predicted molar refractivity (Wildman–Crippen MR) is 119 cm³/mol. The molecule has 2 aromatic rings. The Morgan fingerprint density at radius 3 is 1.93 bits per heavy atom. The Kier molecular flexibility index (Phi) is 5.73. The van der Waals surface area contributed by atoms with Crippen LogP contribution in [0.25, 0.3) is 0 Å². The van der Waals surface area contributed by atoms with Gasteiger partial charge in [-0.3, -0.25) is 4.79 Å². The van der Waals surface area contributed by atoms with Gasteiger partial charge in [0.2, 0.25) is 15.9 Å². The van der Waals surface area contributed by atoms with Crippen LogP contribution in [0.1, 0.15) is 43.7 Å². The average molecular weight is 427 g/mol. The van der Waals surface area contributed by atoms with E-state index in [1.807, 2.05) is 48.5 Å². The fraction of sp³-hybridized carbons (Fsp3) is 0.458. The first-order valence-electron chi connectivity index (χ1n) is 10.8. The standard InChI is InChI=1S/C24H30N2O3S/c1-2-30(28,29)26-17-15-24(16-18-26,21-11-7-4-8-12-21)22(27)25-19-23(13-14-23)20-9-5-3-6-10-20/h3-12H,2,13-19H2,1H3,(H,25,27). The van der Waals surface area contributed by atoms with Gasteiger partial charge in [-0.25, -0.2) is 12.7 Å². The molecule has 6 heteroatoms. The van der Waals surface area contributed by atoms with Crippen molar-refractivity contribution in [2.45, 2.75) is 43.4 Å². The van der Waals surface area contributed by atoms with Crippen molar-refractivity contribution in [1.29, 1.82) is 0 Å². The van der Waals surface area contributed by atoms with Gasteiger partial charge < -0.3 is 5.32 Å². The molecule has 0 bridgehead atoms. The van der Waals surface area contributed by atoms with Gasteiger partial charge in [-0.2, -0.15) is 0 Å². The number of hydrogen-bond donors (Lipinski definition) is 1. The van der Waals surface area contributed by atoms with Gasteiger partial charge in [0.15, 0.2) is 0 Å². The van der Waals surface area contributed by atoms with E-state index in [0.29, 0.717) is 32.5 Å². The van der Waals surface area contributed by atoms with E-state index in [1.54, 1.807) is 6.92 Å². The first-order chi connectivity index (χ1) is 14.4. The number of nitrogens with zero attached hydrogens (tertiary/aromatic N) is 1. The second-order valence-corrected chi connectivity index (χ2v) is 10.8. The minimum atomic E-state index is -3.24. The molecule has 0 radical (unpaired) electrons. The van der Waals surface area contributed by atoms with Crippen LogP contribution >= 0.6 is 0 Å². The Bertz CT molecular complexity index is 978. The van der Waals surface area contributed by atoms with Crippen LogP contribution in [-0.2, 0) is 25.6 Å². The summed E-state index contributed by atoms with van der Waals surface area (Å²) < 4.78 is 26.2. The van der Waals surface area contributed by atoms with E-state index in [2.05, 4.69) is 17.4 Å². The van der Waals surface area contributed by atoms with Crippen molar-refractivity contribution in [3.63, 3.8) is 0 Å². The molecule has 1 saturated heterocycles. The summed E-state index contributed by atoms with van der Waals surface area (Å²) in [4.78, 5) is 13.6. The Morgan fingerprint density at radius 1 is 0.900 bits per heavy atom. The Morgan fingerprint density at radius 2 is 1.43 bits per heavy atom.